The van der Waals surface area contributed by atoms with Crippen molar-refractivity contribution in [2.75, 3.05) is 7.11 Å². The average molecular weight is 357 g/mol. The van der Waals surface area contributed by atoms with Crippen molar-refractivity contribution in [1.29, 1.82) is 0 Å². The molecule has 0 aliphatic rings. The highest BCUT2D eigenvalue weighted by Gasteiger charge is 2.26. The molecule has 21 heavy (non-hydrogen) atoms. The van der Waals surface area contributed by atoms with Crippen LogP contribution in [0.1, 0.15) is 28.4 Å². The number of ether oxygens (including phenoxy) is 1. The molecule has 0 aliphatic heterocycles. The van der Waals surface area contributed by atoms with Crippen LogP contribution in [-0.4, -0.2) is 12.2 Å². The van der Waals surface area contributed by atoms with Gasteiger partial charge in [-0.25, -0.2) is 8.78 Å². The van der Waals surface area contributed by atoms with Crippen molar-refractivity contribution in [3.05, 3.63) is 62.6 Å². The fourth-order valence-corrected chi connectivity index (χ4v) is 2.95. The Balaban J connectivity index is 2.71. The van der Waals surface area contributed by atoms with E-state index in [0.717, 1.165) is 22.2 Å². The van der Waals surface area contributed by atoms with Crippen molar-refractivity contribution in [3.63, 3.8) is 0 Å². The molecule has 1 N–H and O–H groups in total. The Morgan fingerprint density at radius 3 is 2.24 bits per heavy atom. The van der Waals surface area contributed by atoms with Gasteiger partial charge in [-0.05, 0) is 43.2 Å². The minimum Gasteiger partial charge on any atom is -0.496 e. The molecule has 2 aromatic rings. The lowest BCUT2D eigenvalue weighted by Crippen LogP contribution is -2.10. The lowest BCUT2D eigenvalue weighted by Gasteiger charge is -2.21. The maximum atomic E-state index is 13.9. The molecule has 0 fully saturated rings. The molecule has 0 radical (unpaired) electrons. The fraction of sp³-hybridized carbons (Fsp3) is 0.250. The lowest BCUT2D eigenvalue weighted by atomic mass is 9.94. The van der Waals surface area contributed by atoms with Crippen molar-refractivity contribution >= 4 is 15.9 Å². The number of hydrogen-bond donors (Lipinski definition) is 1. The first-order valence-electron chi connectivity index (χ1n) is 6.34. The maximum absolute atomic E-state index is 13.9. The molecule has 1 atom stereocenters. The number of hydrogen-bond acceptors (Lipinski definition) is 2. The molecule has 0 bridgehead atoms. The molecule has 0 amide bonds. The summed E-state index contributed by atoms with van der Waals surface area (Å²) in [4.78, 5) is 0. The molecule has 0 spiro atoms. The number of aliphatic hydroxyl groups excluding tert-OH is 1. The molecule has 0 aliphatic carbocycles. The van der Waals surface area contributed by atoms with Gasteiger partial charge in [0.05, 0.1) is 12.7 Å². The van der Waals surface area contributed by atoms with E-state index in [9.17, 15) is 13.9 Å². The van der Waals surface area contributed by atoms with Crippen LogP contribution in [0.4, 0.5) is 8.78 Å². The fourth-order valence-electron chi connectivity index (χ4n) is 2.39. The first-order chi connectivity index (χ1) is 9.88. The van der Waals surface area contributed by atoms with Crippen LogP contribution in [0.25, 0.3) is 0 Å². The van der Waals surface area contributed by atoms with Gasteiger partial charge in [-0.1, -0.05) is 22.0 Å². The van der Waals surface area contributed by atoms with Gasteiger partial charge in [-0.3, -0.25) is 0 Å². The Bertz CT molecular complexity index is 666. The smallest absolute Gasteiger partial charge is 0.132 e. The highest BCUT2D eigenvalue weighted by Crippen LogP contribution is 2.39. The van der Waals surface area contributed by atoms with E-state index in [-0.39, 0.29) is 5.56 Å². The third-order valence-corrected chi connectivity index (χ3v) is 4.28. The zero-order valence-electron chi connectivity index (χ0n) is 11.9. The van der Waals surface area contributed by atoms with Crippen molar-refractivity contribution in [1.82, 2.24) is 0 Å². The van der Waals surface area contributed by atoms with E-state index in [2.05, 4.69) is 15.9 Å². The van der Waals surface area contributed by atoms with Crippen molar-refractivity contribution in [2.24, 2.45) is 0 Å². The molecule has 0 saturated carbocycles. The first-order valence-corrected chi connectivity index (χ1v) is 7.13. The Hall–Kier alpha value is -1.46. The maximum Gasteiger partial charge on any atom is 0.132 e. The van der Waals surface area contributed by atoms with Crippen LogP contribution in [0.15, 0.2) is 28.7 Å². The van der Waals surface area contributed by atoms with Crippen LogP contribution in [0.3, 0.4) is 0 Å². The Kier molecular flexibility index (Phi) is 4.64. The van der Waals surface area contributed by atoms with E-state index in [4.69, 9.17) is 4.74 Å². The second-order valence-corrected chi connectivity index (χ2v) is 5.64. The standard InChI is InChI=1S/C16H15BrF2O2/c1-8-7-10(17)9(2)13(16(8)21-3)15(20)14-11(18)5-4-6-12(14)19/h4-7,15,20H,1-3H3. The third-order valence-electron chi connectivity index (χ3n) is 3.46. The summed E-state index contributed by atoms with van der Waals surface area (Å²) in [7, 11) is 1.46. The monoisotopic (exact) mass is 356 g/mol. The first kappa shape index (κ1) is 15.9. The highest BCUT2D eigenvalue weighted by molar-refractivity contribution is 9.10. The molecule has 1 unspecified atom stereocenters. The summed E-state index contributed by atoms with van der Waals surface area (Å²) in [6, 6.07) is 5.34. The normalized spacial score (nSPS) is 12.3. The van der Waals surface area contributed by atoms with Crippen LogP contribution in [0, 0.1) is 25.5 Å². The van der Waals surface area contributed by atoms with Crippen LogP contribution in [0.5, 0.6) is 5.75 Å². The summed E-state index contributed by atoms with van der Waals surface area (Å²) in [5, 5.41) is 10.5. The minimum absolute atomic E-state index is 0.355. The van der Waals surface area contributed by atoms with Gasteiger partial charge in [0.1, 0.15) is 23.5 Å². The van der Waals surface area contributed by atoms with Gasteiger partial charge in [0.2, 0.25) is 0 Å². The van der Waals surface area contributed by atoms with Gasteiger partial charge in [0.15, 0.2) is 0 Å². The molecule has 2 rings (SSSR count). The van der Waals surface area contributed by atoms with Gasteiger partial charge >= 0.3 is 0 Å². The summed E-state index contributed by atoms with van der Waals surface area (Å²) < 4.78 is 33.9. The van der Waals surface area contributed by atoms with E-state index in [1.54, 1.807) is 13.8 Å². The average Bonchev–Trinajstić information content (AvgIpc) is 2.42. The number of aliphatic hydroxyl groups is 1. The summed E-state index contributed by atoms with van der Waals surface area (Å²) >= 11 is 3.38. The minimum atomic E-state index is -1.45. The van der Waals surface area contributed by atoms with E-state index in [1.807, 2.05) is 6.07 Å². The predicted molar refractivity (Wildman–Crippen MR) is 80.6 cm³/mol. The molecule has 2 nitrogen and oxygen atoms in total. The topological polar surface area (TPSA) is 29.5 Å². The van der Waals surface area contributed by atoms with Crippen LogP contribution in [-0.2, 0) is 0 Å². The molecule has 0 saturated heterocycles. The summed E-state index contributed by atoms with van der Waals surface area (Å²) in [5.41, 5.74) is 1.41. The third kappa shape index (κ3) is 2.80. The predicted octanol–water partition coefficient (Wildman–Crippen LogP) is 4.43. The molecule has 5 heteroatoms. The van der Waals surface area contributed by atoms with Gasteiger partial charge in [-0.15, -0.1) is 0 Å². The van der Waals surface area contributed by atoms with Crippen molar-refractivity contribution in [2.45, 2.75) is 20.0 Å². The van der Waals surface area contributed by atoms with Crippen LogP contribution >= 0.6 is 15.9 Å². The molecular weight excluding hydrogens is 342 g/mol. The van der Waals surface area contributed by atoms with Crippen LogP contribution < -0.4 is 4.74 Å². The summed E-state index contributed by atoms with van der Waals surface area (Å²) in [6.07, 6.45) is -1.45. The number of benzene rings is 2. The molecule has 0 aromatic heterocycles. The zero-order chi connectivity index (χ0) is 15.7. The van der Waals surface area contributed by atoms with E-state index >= 15 is 0 Å². The summed E-state index contributed by atoms with van der Waals surface area (Å²) in [6.45, 7) is 3.56. The van der Waals surface area contributed by atoms with Gasteiger partial charge in [0, 0.05) is 10.0 Å². The van der Waals surface area contributed by atoms with Crippen molar-refractivity contribution in [3.8, 4) is 5.75 Å². The van der Waals surface area contributed by atoms with Gasteiger partial charge < -0.3 is 9.84 Å². The SMILES string of the molecule is COc1c(C)cc(Br)c(C)c1C(O)c1c(F)cccc1F. The number of aryl methyl sites for hydroxylation is 1. The van der Waals surface area contributed by atoms with Crippen LogP contribution in [0.2, 0.25) is 0 Å². The van der Waals surface area contributed by atoms with E-state index < -0.39 is 17.7 Å². The quantitative estimate of drug-likeness (QED) is 0.881. The van der Waals surface area contributed by atoms with E-state index in [1.165, 1.54) is 13.2 Å². The Labute approximate surface area is 130 Å². The van der Waals surface area contributed by atoms with E-state index in [0.29, 0.717) is 16.9 Å². The Morgan fingerprint density at radius 2 is 1.71 bits per heavy atom. The number of halogens is 3. The highest BCUT2D eigenvalue weighted by atomic mass is 79.9. The molecular formula is C16H15BrF2O2. The largest absolute Gasteiger partial charge is 0.496 e. The van der Waals surface area contributed by atoms with Crippen molar-refractivity contribution < 1.29 is 18.6 Å². The molecule has 2 aromatic carbocycles. The number of methoxy groups -OCH3 is 1. The second kappa shape index (κ2) is 6.12. The zero-order valence-corrected chi connectivity index (χ0v) is 13.5. The lowest BCUT2D eigenvalue weighted by molar-refractivity contribution is 0.203. The second-order valence-electron chi connectivity index (χ2n) is 4.79. The molecule has 0 heterocycles. The number of rotatable bonds is 3. The Morgan fingerprint density at radius 1 is 1.14 bits per heavy atom. The summed E-state index contributed by atoms with van der Waals surface area (Å²) in [5.74, 6) is -1.16. The van der Waals surface area contributed by atoms with Gasteiger partial charge in [0.25, 0.3) is 0 Å². The van der Waals surface area contributed by atoms with Gasteiger partial charge in [-0.2, -0.15) is 0 Å². The molecule has 112 valence electrons.